The van der Waals surface area contributed by atoms with Gasteiger partial charge in [0.25, 0.3) is 15.9 Å². The molecule has 1 aliphatic heterocycles. The van der Waals surface area contributed by atoms with Crippen molar-refractivity contribution in [3.05, 3.63) is 54.2 Å². The van der Waals surface area contributed by atoms with Gasteiger partial charge in [0.05, 0.1) is 25.5 Å². The Hall–Kier alpha value is -3.86. The van der Waals surface area contributed by atoms with Gasteiger partial charge in [-0.3, -0.25) is 4.79 Å². The van der Waals surface area contributed by atoms with Crippen molar-refractivity contribution >= 4 is 27.6 Å². The Morgan fingerprint density at radius 1 is 1.16 bits per heavy atom. The number of sulfonamides is 1. The normalized spacial score (nSPS) is 16.9. The van der Waals surface area contributed by atoms with Crippen molar-refractivity contribution in [2.45, 2.75) is 37.6 Å². The van der Waals surface area contributed by atoms with Gasteiger partial charge < -0.3 is 20.1 Å². The summed E-state index contributed by atoms with van der Waals surface area (Å²) in [4.78, 5) is 23.9. The first-order chi connectivity index (χ1) is 17.5. The summed E-state index contributed by atoms with van der Waals surface area (Å²) in [6, 6.07) is 11.4. The van der Waals surface area contributed by atoms with Crippen molar-refractivity contribution in [1.29, 1.82) is 0 Å². The molecule has 1 atom stereocenters. The second-order valence-corrected chi connectivity index (χ2v) is 11.1. The number of ether oxygens (including phenoxy) is 2. The van der Waals surface area contributed by atoms with Crippen molar-refractivity contribution in [1.82, 2.24) is 14.7 Å². The SMILES string of the molecule is COc1ccc(-c2ccc(C(=O)NS(=O)(=O)c3cccnc3N)c(N3CCC(C)C3(C)C)n2)c(OC)c1. The highest BCUT2D eigenvalue weighted by atomic mass is 32.2. The van der Waals surface area contributed by atoms with Crippen LogP contribution in [0.5, 0.6) is 11.5 Å². The van der Waals surface area contributed by atoms with Crippen LogP contribution in [0.25, 0.3) is 11.3 Å². The summed E-state index contributed by atoms with van der Waals surface area (Å²) in [5.41, 5.74) is 6.83. The van der Waals surface area contributed by atoms with Crippen LogP contribution in [0.2, 0.25) is 0 Å². The van der Waals surface area contributed by atoms with Crippen LogP contribution in [0.1, 0.15) is 37.6 Å². The molecule has 3 N–H and O–H groups in total. The highest BCUT2D eigenvalue weighted by Crippen LogP contribution is 2.40. The topological polar surface area (TPSA) is 137 Å². The fourth-order valence-corrected chi connectivity index (χ4v) is 5.51. The van der Waals surface area contributed by atoms with E-state index < -0.39 is 15.9 Å². The number of nitrogens with zero attached hydrogens (tertiary/aromatic N) is 3. The number of carbonyl (C=O) groups is 1. The largest absolute Gasteiger partial charge is 0.497 e. The van der Waals surface area contributed by atoms with Crippen molar-refractivity contribution in [3.63, 3.8) is 0 Å². The molecular weight excluding hydrogens is 494 g/mol. The maximum absolute atomic E-state index is 13.4. The minimum atomic E-state index is -4.27. The van der Waals surface area contributed by atoms with Crippen LogP contribution >= 0.6 is 0 Å². The van der Waals surface area contributed by atoms with Gasteiger partial charge in [-0.15, -0.1) is 0 Å². The first kappa shape index (κ1) is 26.2. The lowest BCUT2D eigenvalue weighted by Gasteiger charge is -2.36. The monoisotopic (exact) mass is 525 g/mol. The average Bonchev–Trinajstić information content (AvgIpc) is 3.14. The van der Waals surface area contributed by atoms with Gasteiger partial charge in [0.1, 0.15) is 28.0 Å². The van der Waals surface area contributed by atoms with E-state index in [9.17, 15) is 13.2 Å². The molecule has 4 rings (SSSR count). The molecule has 1 fully saturated rings. The molecule has 0 spiro atoms. The lowest BCUT2D eigenvalue weighted by atomic mass is 9.90. The van der Waals surface area contributed by atoms with E-state index in [4.69, 9.17) is 20.2 Å². The molecule has 0 bridgehead atoms. The number of amides is 1. The minimum Gasteiger partial charge on any atom is -0.497 e. The lowest BCUT2D eigenvalue weighted by molar-refractivity contribution is 0.0981. The zero-order valence-electron chi connectivity index (χ0n) is 21.5. The summed E-state index contributed by atoms with van der Waals surface area (Å²) in [7, 11) is -1.14. The Morgan fingerprint density at radius 3 is 2.54 bits per heavy atom. The Morgan fingerprint density at radius 2 is 1.92 bits per heavy atom. The van der Waals surface area contributed by atoms with Gasteiger partial charge in [-0.25, -0.2) is 23.1 Å². The first-order valence-electron chi connectivity index (χ1n) is 11.8. The summed E-state index contributed by atoms with van der Waals surface area (Å²) in [6.45, 7) is 6.97. The highest BCUT2D eigenvalue weighted by molar-refractivity contribution is 7.90. The van der Waals surface area contributed by atoms with Crippen LogP contribution in [-0.2, 0) is 10.0 Å². The molecule has 2 aromatic heterocycles. The van der Waals surface area contributed by atoms with E-state index >= 15 is 0 Å². The Bertz CT molecular complexity index is 1440. The quantitative estimate of drug-likeness (QED) is 0.475. The van der Waals surface area contributed by atoms with Gasteiger partial charge in [-0.05, 0) is 62.6 Å². The Kier molecular flexibility index (Phi) is 7.00. The maximum atomic E-state index is 13.4. The average molecular weight is 526 g/mol. The molecule has 37 heavy (non-hydrogen) atoms. The molecule has 1 amide bonds. The van der Waals surface area contributed by atoms with Crippen molar-refractivity contribution in [2.75, 3.05) is 31.4 Å². The number of pyridine rings is 2. The van der Waals surface area contributed by atoms with Gasteiger partial charge in [-0.2, -0.15) is 0 Å². The molecule has 1 aliphatic rings. The number of methoxy groups -OCH3 is 2. The second kappa shape index (κ2) is 9.89. The fourth-order valence-electron chi connectivity index (χ4n) is 4.46. The Labute approximate surface area is 216 Å². The molecule has 0 saturated carbocycles. The lowest BCUT2D eigenvalue weighted by Crippen LogP contribution is -2.43. The predicted molar refractivity (Wildman–Crippen MR) is 141 cm³/mol. The number of anilines is 2. The third-order valence-electron chi connectivity index (χ3n) is 7.06. The van der Waals surface area contributed by atoms with E-state index in [-0.39, 0.29) is 21.8 Å². The minimum absolute atomic E-state index is 0.129. The molecule has 0 radical (unpaired) electrons. The van der Waals surface area contributed by atoms with Gasteiger partial charge in [-0.1, -0.05) is 6.92 Å². The van der Waals surface area contributed by atoms with E-state index in [0.29, 0.717) is 41.0 Å². The molecule has 1 aromatic carbocycles. The zero-order chi connectivity index (χ0) is 27.0. The molecular formula is C26H31N5O5S. The molecule has 1 unspecified atom stereocenters. The highest BCUT2D eigenvalue weighted by Gasteiger charge is 2.41. The maximum Gasteiger partial charge on any atom is 0.268 e. The number of carbonyl (C=O) groups excluding carboxylic acids is 1. The van der Waals surface area contributed by atoms with E-state index in [2.05, 4.69) is 35.4 Å². The van der Waals surface area contributed by atoms with E-state index in [1.807, 2.05) is 6.07 Å². The van der Waals surface area contributed by atoms with Crippen LogP contribution < -0.4 is 24.8 Å². The number of benzene rings is 1. The molecule has 10 nitrogen and oxygen atoms in total. The first-order valence-corrected chi connectivity index (χ1v) is 13.3. The van der Waals surface area contributed by atoms with Crippen molar-refractivity contribution in [2.24, 2.45) is 5.92 Å². The summed E-state index contributed by atoms with van der Waals surface area (Å²) in [5.74, 6) is 0.886. The summed E-state index contributed by atoms with van der Waals surface area (Å²) in [6.07, 6.45) is 2.28. The number of hydrogen-bond donors (Lipinski definition) is 2. The smallest absolute Gasteiger partial charge is 0.268 e. The number of nitrogen functional groups attached to an aromatic ring is 1. The van der Waals surface area contributed by atoms with E-state index in [0.717, 1.165) is 6.42 Å². The number of nitrogens with two attached hydrogens (primary N) is 1. The van der Waals surface area contributed by atoms with Gasteiger partial charge in [0.2, 0.25) is 0 Å². The van der Waals surface area contributed by atoms with Crippen LogP contribution in [0.3, 0.4) is 0 Å². The number of nitrogens with one attached hydrogen (secondary N) is 1. The van der Waals surface area contributed by atoms with Crippen LogP contribution in [0.4, 0.5) is 11.6 Å². The summed E-state index contributed by atoms with van der Waals surface area (Å²) in [5, 5.41) is 0. The molecule has 0 aliphatic carbocycles. The predicted octanol–water partition coefficient (Wildman–Crippen LogP) is 3.49. The third-order valence-corrected chi connectivity index (χ3v) is 8.44. The summed E-state index contributed by atoms with van der Waals surface area (Å²) >= 11 is 0. The number of hydrogen-bond acceptors (Lipinski definition) is 9. The van der Waals surface area contributed by atoms with Crippen molar-refractivity contribution in [3.8, 4) is 22.8 Å². The number of aromatic nitrogens is 2. The van der Waals surface area contributed by atoms with Gasteiger partial charge >= 0.3 is 0 Å². The van der Waals surface area contributed by atoms with Crippen LogP contribution in [-0.4, -0.2) is 50.6 Å². The van der Waals surface area contributed by atoms with Crippen molar-refractivity contribution < 1.29 is 22.7 Å². The summed E-state index contributed by atoms with van der Waals surface area (Å²) < 4.78 is 38.9. The third kappa shape index (κ3) is 4.91. The standard InChI is InChI=1S/C26H31N5O5S/c1-16-12-14-31(26(16,2)3)24-19(25(32)30-37(33,34)22-7-6-13-28-23(22)27)10-11-20(29-24)18-9-8-17(35-4)15-21(18)36-5/h6-11,13,15-16H,12,14H2,1-5H3,(H2,27,28)(H,30,32). The van der Waals surface area contributed by atoms with E-state index in [1.165, 1.54) is 18.3 Å². The Balaban J connectivity index is 1.81. The van der Waals surface area contributed by atoms with Gasteiger partial charge in [0, 0.05) is 29.9 Å². The molecule has 196 valence electrons. The van der Waals surface area contributed by atoms with E-state index in [1.54, 1.807) is 38.5 Å². The number of rotatable bonds is 7. The fraction of sp³-hybridized carbons (Fsp3) is 0.346. The van der Waals surface area contributed by atoms with Crippen LogP contribution in [0, 0.1) is 5.92 Å². The van der Waals surface area contributed by atoms with Crippen LogP contribution in [0.15, 0.2) is 53.6 Å². The molecule has 3 heterocycles. The molecule has 1 saturated heterocycles. The van der Waals surface area contributed by atoms with Gasteiger partial charge in [0.15, 0.2) is 0 Å². The zero-order valence-corrected chi connectivity index (χ0v) is 22.3. The second-order valence-electron chi connectivity index (χ2n) is 9.45. The molecule has 11 heteroatoms. The molecule has 3 aromatic rings.